The summed E-state index contributed by atoms with van der Waals surface area (Å²) in [5.41, 5.74) is 2.29. The molecule has 0 aliphatic rings. The molecule has 1 unspecified atom stereocenters. The van der Waals surface area contributed by atoms with Crippen LogP contribution in [0, 0.1) is 12.7 Å². The molecular formula is C13H16FN3O. The summed E-state index contributed by atoms with van der Waals surface area (Å²) in [6.45, 7) is 2.20. The predicted octanol–water partition coefficient (Wildman–Crippen LogP) is 2.01. The third kappa shape index (κ3) is 2.87. The summed E-state index contributed by atoms with van der Waals surface area (Å²) < 4.78 is 14.7. The lowest BCUT2D eigenvalue weighted by Crippen LogP contribution is -2.12. The quantitative estimate of drug-likeness (QED) is 0.871. The molecule has 0 aliphatic carbocycles. The van der Waals surface area contributed by atoms with Crippen molar-refractivity contribution in [3.8, 4) is 0 Å². The van der Waals surface area contributed by atoms with Crippen molar-refractivity contribution in [2.75, 3.05) is 11.9 Å². The molecule has 0 radical (unpaired) electrons. The average molecular weight is 249 g/mol. The molecule has 4 nitrogen and oxygen atoms in total. The van der Waals surface area contributed by atoms with E-state index < -0.39 is 6.10 Å². The first-order valence-electron chi connectivity index (χ1n) is 5.74. The lowest BCUT2D eigenvalue weighted by Gasteiger charge is -2.12. The van der Waals surface area contributed by atoms with Crippen LogP contribution in [0.4, 0.5) is 10.1 Å². The van der Waals surface area contributed by atoms with Crippen LogP contribution in [0.2, 0.25) is 0 Å². The molecule has 2 rings (SSSR count). The highest BCUT2D eigenvalue weighted by Gasteiger charge is 2.09. The Morgan fingerprint density at radius 3 is 2.89 bits per heavy atom. The van der Waals surface area contributed by atoms with Gasteiger partial charge in [0, 0.05) is 19.8 Å². The minimum Gasteiger partial charge on any atom is -0.387 e. The lowest BCUT2D eigenvalue weighted by molar-refractivity contribution is 0.191. The molecule has 0 amide bonds. The fraction of sp³-hybridized carbons (Fsp3) is 0.308. The number of hydrogen-bond donors (Lipinski definition) is 2. The Balaban J connectivity index is 2.00. The number of aromatic nitrogens is 2. The number of aliphatic hydroxyl groups is 1. The maximum Gasteiger partial charge on any atom is 0.123 e. The summed E-state index contributed by atoms with van der Waals surface area (Å²) in [6.07, 6.45) is 1.09. The minimum absolute atomic E-state index is 0.315. The molecule has 5 heteroatoms. The van der Waals surface area contributed by atoms with Crippen LogP contribution in [0.1, 0.15) is 17.4 Å². The normalized spacial score (nSPS) is 12.4. The molecule has 0 saturated heterocycles. The Labute approximate surface area is 105 Å². The second kappa shape index (κ2) is 5.18. The highest BCUT2D eigenvalue weighted by atomic mass is 19.1. The van der Waals surface area contributed by atoms with E-state index in [9.17, 15) is 9.50 Å². The van der Waals surface area contributed by atoms with Gasteiger partial charge in [-0.05, 0) is 24.6 Å². The molecule has 2 aromatic rings. The fourth-order valence-corrected chi connectivity index (χ4v) is 1.81. The molecule has 1 heterocycles. The van der Waals surface area contributed by atoms with E-state index in [2.05, 4.69) is 10.4 Å². The van der Waals surface area contributed by atoms with Crippen molar-refractivity contribution < 1.29 is 9.50 Å². The van der Waals surface area contributed by atoms with Gasteiger partial charge >= 0.3 is 0 Å². The number of nitrogens with one attached hydrogen (secondary N) is 1. The van der Waals surface area contributed by atoms with Gasteiger partial charge in [-0.2, -0.15) is 5.10 Å². The molecular weight excluding hydrogens is 233 g/mol. The van der Waals surface area contributed by atoms with E-state index in [-0.39, 0.29) is 5.82 Å². The zero-order chi connectivity index (χ0) is 13.1. The van der Waals surface area contributed by atoms with Crippen molar-refractivity contribution in [1.82, 2.24) is 9.78 Å². The van der Waals surface area contributed by atoms with Crippen molar-refractivity contribution in [1.29, 1.82) is 0 Å². The molecule has 0 aliphatic heterocycles. The SMILES string of the molecule is Cc1nn(C)cc1NCC(O)c1cccc(F)c1. The maximum absolute atomic E-state index is 13.0. The Kier molecular flexibility index (Phi) is 3.62. The maximum atomic E-state index is 13.0. The molecule has 0 saturated carbocycles. The van der Waals surface area contributed by atoms with Crippen molar-refractivity contribution >= 4 is 5.69 Å². The van der Waals surface area contributed by atoms with Gasteiger partial charge < -0.3 is 10.4 Å². The van der Waals surface area contributed by atoms with E-state index in [1.165, 1.54) is 12.1 Å². The van der Waals surface area contributed by atoms with Crippen molar-refractivity contribution in [3.05, 3.63) is 47.5 Å². The number of hydrogen-bond acceptors (Lipinski definition) is 3. The summed E-state index contributed by atoms with van der Waals surface area (Å²) in [5.74, 6) is -0.343. The van der Waals surface area contributed by atoms with E-state index in [0.29, 0.717) is 12.1 Å². The second-order valence-electron chi connectivity index (χ2n) is 4.25. The van der Waals surface area contributed by atoms with Gasteiger partial charge in [0.15, 0.2) is 0 Å². The van der Waals surface area contributed by atoms with Gasteiger partial charge in [-0.3, -0.25) is 4.68 Å². The molecule has 1 aromatic heterocycles. The third-order valence-electron chi connectivity index (χ3n) is 2.73. The zero-order valence-electron chi connectivity index (χ0n) is 10.4. The number of aryl methyl sites for hydroxylation is 2. The fourth-order valence-electron chi connectivity index (χ4n) is 1.81. The lowest BCUT2D eigenvalue weighted by atomic mass is 10.1. The van der Waals surface area contributed by atoms with Gasteiger partial charge in [0.1, 0.15) is 5.82 Å². The standard InChI is InChI=1S/C13H16FN3O/c1-9-12(8-17(2)16-9)15-7-13(18)10-4-3-5-11(14)6-10/h3-6,8,13,15,18H,7H2,1-2H3. The van der Waals surface area contributed by atoms with Gasteiger partial charge in [0.25, 0.3) is 0 Å². The summed E-state index contributed by atoms with van der Waals surface area (Å²) in [7, 11) is 1.83. The van der Waals surface area contributed by atoms with Gasteiger partial charge in [-0.1, -0.05) is 12.1 Å². The number of benzene rings is 1. The number of halogens is 1. The highest BCUT2D eigenvalue weighted by Crippen LogP contribution is 2.17. The van der Waals surface area contributed by atoms with E-state index >= 15 is 0 Å². The summed E-state index contributed by atoms with van der Waals surface area (Å²) in [4.78, 5) is 0. The topological polar surface area (TPSA) is 50.1 Å². The molecule has 2 N–H and O–H groups in total. The number of aliphatic hydroxyl groups excluding tert-OH is 1. The van der Waals surface area contributed by atoms with Crippen LogP contribution in [0.25, 0.3) is 0 Å². The molecule has 96 valence electrons. The van der Waals surface area contributed by atoms with Crippen LogP contribution in [0.15, 0.2) is 30.5 Å². The zero-order valence-corrected chi connectivity index (χ0v) is 10.4. The third-order valence-corrected chi connectivity index (χ3v) is 2.73. The molecule has 18 heavy (non-hydrogen) atoms. The van der Waals surface area contributed by atoms with E-state index in [1.807, 2.05) is 20.2 Å². The first-order valence-corrected chi connectivity index (χ1v) is 5.74. The number of anilines is 1. The van der Waals surface area contributed by atoms with E-state index in [4.69, 9.17) is 0 Å². The molecule has 0 fully saturated rings. The summed E-state index contributed by atoms with van der Waals surface area (Å²) in [5, 5.41) is 17.2. The predicted molar refractivity (Wildman–Crippen MR) is 67.8 cm³/mol. The Morgan fingerprint density at radius 1 is 1.50 bits per heavy atom. The Hall–Kier alpha value is -1.88. The Morgan fingerprint density at radius 2 is 2.28 bits per heavy atom. The Bertz CT molecular complexity index is 539. The molecule has 1 atom stereocenters. The molecule has 0 spiro atoms. The van der Waals surface area contributed by atoms with Crippen molar-refractivity contribution in [2.45, 2.75) is 13.0 Å². The molecule has 0 bridgehead atoms. The minimum atomic E-state index is -0.750. The monoisotopic (exact) mass is 249 g/mol. The largest absolute Gasteiger partial charge is 0.387 e. The molecule has 1 aromatic carbocycles. The van der Waals surface area contributed by atoms with E-state index in [0.717, 1.165) is 11.4 Å². The second-order valence-corrected chi connectivity index (χ2v) is 4.25. The first kappa shape index (κ1) is 12.6. The van der Waals surface area contributed by atoms with Crippen LogP contribution >= 0.6 is 0 Å². The van der Waals surface area contributed by atoms with Crippen LogP contribution < -0.4 is 5.32 Å². The summed E-state index contributed by atoms with van der Waals surface area (Å²) >= 11 is 0. The van der Waals surface area contributed by atoms with Gasteiger partial charge in [-0.25, -0.2) is 4.39 Å². The van der Waals surface area contributed by atoms with Gasteiger partial charge in [0.05, 0.1) is 17.5 Å². The van der Waals surface area contributed by atoms with Crippen LogP contribution in [-0.2, 0) is 7.05 Å². The van der Waals surface area contributed by atoms with Crippen molar-refractivity contribution in [3.63, 3.8) is 0 Å². The van der Waals surface area contributed by atoms with E-state index in [1.54, 1.807) is 16.8 Å². The number of nitrogens with zero attached hydrogens (tertiary/aromatic N) is 2. The summed E-state index contributed by atoms with van der Waals surface area (Å²) in [6, 6.07) is 5.98. The van der Waals surface area contributed by atoms with Gasteiger partial charge in [0.2, 0.25) is 0 Å². The van der Waals surface area contributed by atoms with Gasteiger partial charge in [-0.15, -0.1) is 0 Å². The van der Waals surface area contributed by atoms with Crippen LogP contribution in [0.5, 0.6) is 0 Å². The van der Waals surface area contributed by atoms with Crippen LogP contribution in [0.3, 0.4) is 0 Å². The first-order chi connectivity index (χ1) is 8.56. The number of rotatable bonds is 4. The average Bonchev–Trinajstić information content (AvgIpc) is 2.65. The smallest absolute Gasteiger partial charge is 0.123 e. The van der Waals surface area contributed by atoms with Crippen molar-refractivity contribution in [2.24, 2.45) is 7.05 Å². The highest BCUT2D eigenvalue weighted by molar-refractivity contribution is 5.45. The van der Waals surface area contributed by atoms with Crippen LogP contribution in [-0.4, -0.2) is 21.4 Å².